The van der Waals surface area contributed by atoms with E-state index in [1.807, 2.05) is 37.3 Å². The summed E-state index contributed by atoms with van der Waals surface area (Å²) >= 11 is 3.35. The number of aromatic nitrogens is 2. The van der Waals surface area contributed by atoms with Gasteiger partial charge in [0.2, 0.25) is 0 Å². The molecule has 1 heterocycles. The fourth-order valence-corrected chi connectivity index (χ4v) is 2.13. The van der Waals surface area contributed by atoms with Crippen LogP contribution in [0.15, 0.2) is 41.0 Å². The first-order valence-corrected chi connectivity index (χ1v) is 6.98. The summed E-state index contributed by atoms with van der Waals surface area (Å²) in [5.41, 5.74) is 0.888. The molecule has 1 atom stereocenters. The molecule has 19 heavy (non-hydrogen) atoms. The first kappa shape index (κ1) is 14.0. The third kappa shape index (κ3) is 4.01. The van der Waals surface area contributed by atoms with Crippen molar-refractivity contribution in [3.63, 3.8) is 0 Å². The van der Waals surface area contributed by atoms with Gasteiger partial charge in [0.1, 0.15) is 16.2 Å². The number of nitrogens with one attached hydrogen (secondary N) is 1. The molecule has 1 aromatic heterocycles. The van der Waals surface area contributed by atoms with Crippen molar-refractivity contribution in [2.75, 3.05) is 11.9 Å². The zero-order chi connectivity index (χ0) is 13.7. The number of aliphatic hydroxyl groups excluding tert-OH is 1. The lowest BCUT2D eigenvalue weighted by molar-refractivity contribution is 0.191. The highest BCUT2D eigenvalue weighted by atomic mass is 79.9. The van der Waals surface area contributed by atoms with Crippen molar-refractivity contribution in [2.45, 2.75) is 19.4 Å². The largest absolute Gasteiger partial charge is 0.387 e. The van der Waals surface area contributed by atoms with E-state index in [0.717, 1.165) is 22.4 Å². The van der Waals surface area contributed by atoms with Crippen LogP contribution in [0.1, 0.15) is 24.4 Å². The summed E-state index contributed by atoms with van der Waals surface area (Å²) in [5, 5.41) is 13.2. The van der Waals surface area contributed by atoms with Gasteiger partial charge in [0, 0.05) is 19.0 Å². The average Bonchev–Trinajstić information content (AvgIpc) is 2.45. The highest BCUT2D eigenvalue weighted by molar-refractivity contribution is 9.10. The van der Waals surface area contributed by atoms with Gasteiger partial charge in [-0.2, -0.15) is 0 Å². The Labute approximate surface area is 121 Å². The Kier molecular flexibility index (Phi) is 4.87. The molecule has 0 aliphatic carbocycles. The Hall–Kier alpha value is -1.46. The Morgan fingerprint density at radius 2 is 2.00 bits per heavy atom. The fourth-order valence-electron chi connectivity index (χ4n) is 1.71. The second-order valence-corrected chi connectivity index (χ2v) is 4.97. The lowest BCUT2D eigenvalue weighted by Gasteiger charge is -2.13. The van der Waals surface area contributed by atoms with E-state index in [-0.39, 0.29) is 0 Å². The van der Waals surface area contributed by atoms with E-state index in [2.05, 4.69) is 31.2 Å². The molecule has 5 heteroatoms. The topological polar surface area (TPSA) is 58.0 Å². The maximum atomic E-state index is 10.1. The first-order chi connectivity index (χ1) is 9.19. The molecule has 4 nitrogen and oxygen atoms in total. The maximum Gasteiger partial charge on any atom is 0.131 e. The molecule has 0 saturated carbocycles. The van der Waals surface area contributed by atoms with Crippen molar-refractivity contribution >= 4 is 21.7 Å². The van der Waals surface area contributed by atoms with Crippen LogP contribution in [0.5, 0.6) is 0 Å². The minimum atomic E-state index is -0.556. The van der Waals surface area contributed by atoms with Crippen LogP contribution in [0.2, 0.25) is 0 Å². The number of hydrogen-bond acceptors (Lipinski definition) is 4. The number of hydrogen-bond donors (Lipinski definition) is 2. The highest BCUT2D eigenvalue weighted by Crippen LogP contribution is 2.16. The smallest absolute Gasteiger partial charge is 0.131 e. The lowest BCUT2D eigenvalue weighted by atomic mass is 10.1. The third-order valence-electron chi connectivity index (χ3n) is 2.72. The van der Waals surface area contributed by atoms with Crippen LogP contribution in [-0.4, -0.2) is 21.6 Å². The quantitative estimate of drug-likeness (QED) is 0.831. The van der Waals surface area contributed by atoms with E-state index < -0.39 is 6.10 Å². The molecular weight excluding hydrogens is 306 g/mol. The second-order valence-electron chi connectivity index (χ2n) is 4.15. The molecule has 2 rings (SSSR count). The summed E-state index contributed by atoms with van der Waals surface area (Å²) in [7, 11) is 0. The third-order valence-corrected chi connectivity index (χ3v) is 3.12. The zero-order valence-corrected chi connectivity index (χ0v) is 12.3. The summed E-state index contributed by atoms with van der Waals surface area (Å²) in [5.74, 6) is 1.49. The van der Waals surface area contributed by atoms with Crippen LogP contribution >= 0.6 is 15.9 Å². The van der Waals surface area contributed by atoms with Crippen molar-refractivity contribution in [3.05, 3.63) is 52.4 Å². The van der Waals surface area contributed by atoms with Crippen LogP contribution < -0.4 is 5.32 Å². The average molecular weight is 322 g/mol. The lowest BCUT2D eigenvalue weighted by Crippen LogP contribution is -2.13. The number of anilines is 1. The number of benzene rings is 1. The molecule has 1 aromatic carbocycles. The van der Waals surface area contributed by atoms with Gasteiger partial charge < -0.3 is 10.4 Å². The number of halogens is 1. The number of nitrogens with zero attached hydrogens (tertiary/aromatic N) is 2. The minimum absolute atomic E-state index is 0.413. The Morgan fingerprint density at radius 1 is 1.26 bits per heavy atom. The summed E-state index contributed by atoms with van der Waals surface area (Å²) in [6.45, 7) is 2.42. The van der Waals surface area contributed by atoms with Crippen molar-refractivity contribution in [1.82, 2.24) is 9.97 Å². The summed E-state index contributed by atoms with van der Waals surface area (Å²) in [6, 6.07) is 11.4. The number of aryl methyl sites for hydroxylation is 1. The van der Waals surface area contributed by atoms with E-state index >= 15 is 0 Å². The Balaban J connectivity index is 2.01. The molecule has 0 spiro atoms. The van der Waals surface area contributed by atoms with Gasteiger partial charge in [0.25, 0.3) is 0 Å². The van der Waals surface area contributed by atoms with E-state index in [1.165, 1.54) is 0 Å². The predicted molar refractivity (Wildman–Crippen MR) is 79.0 cm³/mol. The molecule has 0 saturated heterocycles. The van der Waals surface area contributed by atoms with Crippen molar-refractivity contribution in [1.29, 1.82) is 0 Å². The van der Waals surface area contributed by atoms with E-state index in [0.29, 0.717) is 12.4 Å². The second kappa shape index (κ2) is 6.63. The number of aliphatic hydroxyl groups is 1. The molecular formula is C14H16BrN3O. The summed E-state index contributed by atoms with van der Waals surface area (Å²) in [4.78, 5) is 8.60. The van der Waals surface area contributed by atoms with Gasteiger partial charge in [-0.25, -0.2) is 9.97 Å². The Bertz CT molecular complexity index is 533. The maximum absolute atomic E-state index is 10.1. The molecule has 0 fully saturated rings. The molecule has 100 valence electrons. The summed E-state index contributed by atoms with van der Waals surface area (Å²) in [6.07, 6.45) is 0.218. The molecule has 0 amide bonds. The zero-order valence-electron chi connectivity index (χ0n) is 10.7. The molecule has 2 aromatic rings. The van der Waals surface area contributed by atoms with Gasteiger partial charge in [0.15, 0.2) is 0 Å². The predicted octanol–water partition coefficient (Wildman–Crippen LogP) is 2.95. The van der Waals surface area contributed by atoms with E-state index in [9.17, 15) is 5.11 Å². The first-order valence-electron chi connectivity index (χ1n) is 6.19. The van der Waals surface area contributed by atoms with Gasteiger partial charge >= 0.3 is 0 Å². The Morgan fingerprint density at radius 3 is 2.68 bits per heavy atom. The monoisotopic (exact) mass is 321 g/mol. The molecule has 0 bridgehead atoms. The van der Waals surface area contributed by atoms with E-state index in [4.69, 9.17) is 0 Å². The standard InChI is InChI=1S/C14H16BrN3O/c1-2-13-17-12(15)8-14(18-13)16-9-11(19)10-6-4-3-5-7-10/h3-8,11,19H,2,9H2,1H3,(H,16,17,18). The van der Waals surface area contributed by atoms with Gasteiger partial charge in [-0.1, -0.05) is 37.3 Å². The van der Waals surface area contributed by atoms with Gasteiger partial charge in [-0.3, -0.25) is 0 Å². The van der Waals surface area contributed by atoms with E-state index in [1.54, 1.807) is 6.07 Å². The van der Waals surface area contributed by atoms with Crippen LogP contribution in [0.4, 0.5) is 5.82 Å². The van der Waals surface area contributed by atoms with Crippen molar-refractivity contribution in [3.8, 4) is 0 Å². The molecule has 0 radical (unpaired) electrons. The normalized spacial score (nSPS) is 12.2. The van der Waals surface area contributed by atoms with Crippen LogP contribution in [0.25, 0.3) is 0 Å². The van der Waals surface area contributed by atoms with Crippen molar-refractivity contribution in [2.24, 2.45) is 0 Å². The SMILES string of the molecule is CCc1nc(Br)cc(NCC(O)c2ccccc2)n1. The van der Waals surface area contributed by atoms with Crippen LogP contribution in [-0.2, 0) is 6.42 Å². The summed E-state index contributed by atoms with van der Waals surface area (Å²) < 4.78 is 0.746. The molecule has 0 aliphatic heterocycles. The highest BCUT2D eigenvalue weighted by Gasteiger charge is 2.07. The van der Waals surface area contributed by atoms with Gasteiger partial charge in [-0.05, 0) is 21.5 Å². The minimum Gasteiger partial charge on any atom is -0.387 e. The molecule has 0 aliphatic rings. The van der Waals surface area contributed by atoms with Gasteiger partial charge in [-0.15, -0.1) is 0 Å². The van der Waals surface area contributed by atoms with Crippen molar-refractivity contribution < 1.29 is 5.11 Å². The fraction of sp³-hybridized carbons (Fsp3) is 0.286. The molecule has 2 N–H and O–H groups in total. The van der Waals surface area contributed by atoms with Crippen LogP contribution in [0.3, 0.4) is 0 Å². The van der Waals surface area contributed by atoms with Crippen LogP contribution in [0, 0.1) is 0 Å². The number of rotatable bonds is 5. The van der Waals surface area contributed by atoms with Gasteiger partial charge in [0.05, 0.1) is 6.10 Å². The molecule has 1 unspecified atom stereocenters.